The van der Waals surface area contributed by atoms with Crippen LogP contribution in [0.5, 0.6) is 0 Å². The van der Waals surface area contributed by atoms with E-state index in [2.05, 4.69) is 20.3 Å². The summed E-state index contributed by atoms with van der Waals surface area (Å²) in [6.45, 7) is 4.04. The molecule has 0 spiro atoms. The van der Waals surface area contributed by atoms with Gasteiger partial charge in [0.1, 0.15) is 6.33 Å². The number of nitrogens with zero attached hydrogens (tertiary/aromatic N) is 6. The van der Waals surface area contributed by atoms with Crippen molar-refractivity contribution in [1.29, 1.82) is 0 Å². The molecule has 2 aromatic heterocycles. The molecule has 2 aromatic rings. The zero-order valence-electron chi connectivity index (χ0n) is 16.8. The molecule has 0 aromatic carbocycles. The lowest BCUT2D eigenvalue weighted by molar-refractivity contribution is -0.134. The molecular weight excluding hydrogens is 368 g/mol. The van der Waals surface area contributed by atoms with Crippen molar-refractivity contribution >= 4 is 22.9 Å². The van der Waals surface area contributed by atoms with Crippen LogP contribution >= 0.6 is 0 Å². The summed E-state index contributed by atoms with van der Waals surface area (Å²) >= 11 is 0. The molecule has 152 valence electrons. The van der Waals surface area contributed by atoms with Gasteiger partial charge in [-0.05, 0) is 39.8 Å². The topological polar surface area (TPSA) is 79.2 Å². The van der Waals surface area contributed by atoms with Gasteiger partial charge >= 0.3 is 0 Å². The van der Waals surface area contributed by atoms with Crippen LogP contribution in [0.2, 0.25) is 0 Å². The van der Waals surface area contributed by atoms with E-state index in [1.165, 1.54) is 10.9 Å². The molecule has 2 aliphatic rings. The number of likely N-dealkylation sites (tertiary alicyclic amines) is 2. The molecule has 0 radical (unpaired) electrons. The Morgan fingerprint density at radius 3 is 3.00 bits per heavy atom. The number of aromatic nitrogens is 4. The second kappa shape index (κ2) is 7.57. The monoisotopic (exact) mass is 394 g/mol. The van der Waals surface area contributed by atoms with Crippen molar-refractivity contribution in [2.24, 2.45) is 0 Å². The summed E-state index contributed by atoms with van der Waals surface area (Å²) in [7, 11) is 0.136. The molecule has 0 unspecified atom stereocenters. The number of halogens is 2. The quantitative estimate of drug-likeness (QED) is 0.834. The number of nitrogens with one attached hydrogen (secondary N) is 1. The highest BCUT2D eigenvalue weighted by Crippen LogP contribution is 2.27. The van der Waals surface area contributed by atoms with Gasteiger partial charge in [-0.25, -0.2) is 23.7 Å². The van der Waals surface area contributed by atoms with Gasteiger partial charge in [-0.3, -0.25) is 9.69 Å². The molecule has 10 heteroatoms. The van der Waals surface area contributed by atoms with Crippen molar-refractivity contribution in [2.75, 3.05) is 32.0 Å². The van der Waals surface area contributed by atoms with E-state index < -0.39 is 6.43 Å². The van der Waals surface area contributed by atoms with Crippen LogP contribution < -0.4 is 5.32 Å². The number of aryl methyl sites for hydroxylation is 1. The number of hydrogen-bond donors (Lipinski definition) is 1. The van der Waals surface area contributed by atoms with Gasteiger partial charge in [0, 0.05) is 27.0 Å². The van der Waals surface area contributed by atoms with E-state index in [1.807, 2.05) is 9.80 Å². The Balaban J connectivity index is 1.49. The van der Waals surface area contributed by atoms with Gasteiger partial charge in [0.2, 0.25) is 5.91 Å². The number of amides is 1. The van der Waals surface area contributed by atoms with E-state index in [4.69, 9.17) is 1.37 Å². The van der Waals surface area contributed by atoms with Crippen molar-refractivity contribution in [1.82, 2.24) is 29.3 Å². The number of imidazole rings is 1. The number of hydrogen-bond acceptors (Lipinski definition) is 6. The number of alkyl halides is 2. The van der Waals surface area contributed by atoms with Gasteiger partial charge in [-0.1, -0.05) is 0 Å². The third-order valence-corrected chi connectivity index (χ3v) is 5.56. The van der Waals surface area contributed by atoms with Gasteiger partial charge in [0.15, 0.2) is 22.8 Å². The molecule has 8 nitrogen and oxygen atoms in total. The number of carbonyl (C=O) groups excluding carboxylic acids is 1. The first-order valence-electron chi connectivity index (χ1n) is 10.3. The first-order valence-corrected chi connectivity index (χ1v) is 9.61. The first-order chi connectivity index (χ1) is 14.0. The number of likely N-dealkylation sites (N-methyl/N-ethyl adjacent to an activating group) is 1. The van der Waals surface area contributed by atoms with E-state index in [9.17, 15) is 13.6 Å². The number of anilines is 1. The standard InChI is InChI=1S/C18H25F2N7O/c1-3-27-16-13(24-17(27)14(19)20)15(21-10-22-16)23-11-6-8-26(9-11)18(28)12-5-4-7-25(12)2/h10-12,14H,3-9H2,1-2H3,(H,21,22,23)/t11-,12-/m0/s1/i2D. The third kappa shape index (κ3) is 3.30. The molecule has 2 aliphatic heterocycles. The van der Waals surface area contributed by atoms with Crippen molar-refractivity contribution < 1.29 is 14.9 Å². The minimum atomic E-state index is -2.69. The van der Waals surface area contributed by atoms with Crippen molar-refractivity contribution in [3.8, 4) is 0 Å². The lowest BCUT2D eigenvalue weighted by atomic mass is 10.2. The zero-order valence-corrected chi connectivity index (χ0v) is 15.8. The van der Waals surface area contributed by atoms with Crippen LogP contribution in [0, 0.1) is 0 Å². The Morgan fingerprint density at radius 2 is 2.25 bits per heavy atom. The lowest BCUT2D eigenvalue weighted by Crippen LogP contribution is -2.44. The Morgan fingerprint density at radius 1 is 1.39 bits per heavy atom. The molecular formula is C18H25F2N7O. The second-order valence-corrected chi connectivity index (χ2v) is 7.29. The van der Waals surface area contributed by atoms with Gasteiger partial charge in [0.25, 0.3) is 6.43 Å². The number of rotatable bonds is 5. The molecule has 1 N–H and O–H groups in total. The molecule has 2 saturated heterocycles. The highest BCUT2D eigenvalue weighted by atomic mass is 19.3. The maximum atomic E-state index is 13.3. The normalized spacial score (nSPS) is 23.7. The summed E-state index contributed by atoms with van der Waals surface area (Å²) in [4.78, 5) is 29.0. The fourth-order valence-electron chi connectivity index (χ4n) is 4.13. The molecule has 0 bridgehead atoms. The van der Waals surface area contributed by atoms with Crippen molar-refractivity contribution in [3.05, 3.63) is 12.2 Å². The largest absolute Gasteiger partial charge is 0.364 e. The summed E-state index contributed by atoms with van der Waals surface area (Å²) in [5.41, 5.74) is 0.703. The highest BCUT2D eigenvalue weighted by molar-refractivity contribution is 5.84. The van der Waals surface area contributed by atoms with E-state index in [1.54, 1.807) is 6.92 Å². The number of carbonyl (C=O) groups is 1. The average molecular weight is 394 g/mol. The van der Waals surface area contributed by atoms with Crippen molar-refractivity contribution in [2.45, 2.75) is 51.2 Å². The SMILES string of the molecule is [2H]CN1CCC[C@H]1C(=O)N1CC[C@H](Nc2ncnc3c2nc(C(F)F)n3CC)C1. The van der Waals surface area contributed by atoms with E-state index >= 15 is 0 Å². The fourth-order valence-corrected chi connectivity index (χ4v) is 4.13. The van der Waals surface area contributed by atoms with Crippen molar-refractivity contribution in [3.63, 3.8) is 0 Å². The molecule has 28 heavy (non-hydrogen) atoms. The smallest absolute Gasteiger partial charge is 0.295 e. The molecule has 4 rings (SSSR count). The van der Waals surface area contributed by atoms with Crippen LogP contribution in [0.1, 0.15) is 39.8 Å². The van der Waals surface area contributed by atoms with Crippen LogP contribution in [-0.2, 0) is 11.3 Å². The Hall–Kier alpha value is -2.36. The third-order valence-electron chi connectivity index (χ3n) is 5.56. The maximum Gasteiger partial charge on any atom is 0.295 e. The van der Waals surface area contributed by atoms with E-state index in [0.29, 0.717) is 36.6 Å². The lowest BCUT2D eigenvalue weighted by Gasteiger charge is -2.25. The van der Waals surface area contributed by atoms with E-state index in [0.717, 1.165) is 25.8 Å². The average Bonchev–Trinajstić information content (AvgIpc) is 3.45. The highest BCUT2D eigenvalue weighted by Gasteiger charge is 2.35. The summed E-state index contributed by atoms with van der Waals surface area (Å²) in [6.07, 6.45) is 1.13. The second-order valence-electron chi connectivity index (χ2n) is 7.29. The summed E-state index contributed by atoms with van der Waals surface area (Å²) < 4.78 is 35.6. The minimum absolute atomic E-state index is 0.0373. The predicted molar refractivity (Wildman–Crippen MR) is 100 cm³/mol. The zero-order chi connectivity index (χ0) is 20.5. The maximum absolute atomic E-state index is 13.3. The van der Waals surface area contributed by atoms with Gasteiger partial charge in [-0.15, -0.1) is 0 Å². The summed E-state index contributed by atoms with van der Waals surface area (Å²) in [5, 5.41) is 3.27. The van der Waals surface area contributed by atoms with Gasteiger partial charge in [-0.2, -0.15) is 0 Å². The van der Waals surface area contributed by atoms with Gasteiger partial charge < -0.3 is 14.8 Å². The molecule has 2 atom stereocenters. The van der Waals surface area contributed by atoms with Crippen LogP contribution in [0.3, 0.4) is 0 Å². The Labute approximate surface area is 163 Å². The molecule has 1 amide bonds. The molecule has 0 saturated carbocycles. The van der Waals surface area contributed by atoms with E-state index in [-0.39, 0.29) is 30.8 Å². The number of fused-ring (bicyclic) bond motifs is 1. The minimum Gasteiger partial charge on any atom is -0.364 e. The van der Waals surface area contributed by atoms with Gasteiger partial charge in [0.05, 0.1) is 6.04 Å². The van der Waals surface area contributed by atoms with Crippen LogP contribution in [-0.4, -0.2) is 74.0 Å². The summed E-state index contributed by atoms with van der Waals surface area (Å²) in [6, 6.07) is -0.240. The van der Waals surface area contributed by atoms with Crippen LogP contribution in [0.15, 0.2) is 6.33 Å². The summed E-state index contributed by atoms with van der Waals surface area (Å²) in [5.74, 6) is 0.171. The molecule has 0 aliphatic carbocycles. The Kier molecular flexibility index (Phi) is 4.79. The fraction of sp³-hybridized carbons (Fsp3) is 0.667. The van der Waals surface area contributed by atoms with Crippen LogP contribution in [0.25, 0.3) is 11.2 Å². The first kappa shape index (κ1) is 17.7. The molecule has 2 fully saturated rings. The molecule has 4 heterocycles. The predicted octanol–water partition coefficient (Wildman–Crippen LogP) is 1.89. The Bertz CT molecular complexity index is 892. The van der Waals surface area contributed by atoms with Crippen LogP contribution in [0.4, 0.5) is 14.6 Å².